The molecule has 2 aromatic rings. The van der Waals surface area contributed by atoms with E-state index >= 15 is 0 Å². The Bertz CT molecular complexity index is 472. The fourth-order valence-electron chi connectivity index (χ4n) is 1.54. The molecule has 0 atom stereocenters. The van der Waals surface area contributed by atoms with Crippen molar-refractivity contribution in [2.24, 2.45) is 0 Å². The highest BCUT2D eigenvalue weighted by atomic mass is 32.1. The van der Waals surface area contributed by atoms with Crippen LogP contribution in [0.4, 0.5) is 0 Å². The van der Waals surface area contributed by atoms with Gasteiger partial charge in [-0.25, -0.2) is 4.98 Å². The second-order valence-corrected chi connectivity index (χ2v) is 5.16. The molecule has 92 valence electrons. The zero-order valence-electron chi connectivity index (χ0n) is 10.5. The predicted octanol–water partition coefficient (Wildman–Crippen LogP) is 2.35. The highest BCUT2D eigenvalue weighted by molar-refractivity contribution is 7.13. The van der Waals surface area contributed by atoms with E-state index in [4.69, 9.17) is 0 Å². The Hall–Kier alpha value is -1.20. The normalized spacial score (nSPS) is 11.3. The lowest BCUT2D eigenvalue weighted by atomic mass is 10.3. The number of thiazole rings is 1. The van der Waals surface area contributed by atoms with E-state index < -0.39 is 0 Å². The van der Waals surface area contributed by atoms with Crippen molar-refractivity contribution in [1.29, 1.82) is 0 Å². The summed E-state index contributed by atoms with van der Waals surface area (Å²) >= 11 is 1.69. The SMILES string of the molecule is CNCCc1csc(-c2cnn(C(C)C)c2)n1. The van der Waals surface area contributed by atoms with Crippen molar-refractivity contribution in [3.05, 3.63) is 23.5 Å². The van der Waals surface area contributed by atoms with E-state index in [0.29, 0.717) is 6.04 Å². The van der Waals surface area contributed by atoms with E-state index in [1.54, 1.807) is 11.3 Å². The summed E-state index contributed by atoms with van der Waals surface area (Å²) in [5, 5.41) is 10.6. The van der Waals surface area contributed by atoms with Crippen molar-refractivity contribution in [3.8, 4) is 10.6 Å². The monoisotopic (exact) mass is 250 g/mol. The van der Waals surface area contributed by atoms with E-state index in [0.717, 1.165) is 29.2 Å². The van der Waals surface area contributed by atoms with Gasteiger partial charge in [-0.15, -0.1) is 11.3 Å². The minimum atomic E-state index is 0.396. The summed E-state index contributed by atoms with van der Waals surface area (Å²) in [6.07, 6.45) is 4.93. The molecule has 2 aromatic heterocycles. The number of nitrogens with zero attached hydrogens (tertiary/aromatic N) is 3. The summed E-state index contributed by atoms with van der Waals surface area (Å²) in [6, 6.07) is 0.396. The Morgan fingerprint density at radius 1 is 1.47 bits per heavy atom. The topological polar surface area (TPSA) is 42.7 Å². The molecule has 0 fully saturated rings. The molecule has 0 radical (unpaired) electrons. The first-order chi connectivity index (χ1) is 8.20. The summed E-state index contributed by atoms with van der Waals surface area (Å²) in [4.78, 5) is 4.62. The van der Waals surface area contributed by atoms with Crippen LogP contribution >= 0.6 is 11.3 Å². The molecule has 2 rings (SSSR count). The first-order valence-corrected chi connectivity index (χ1v) is 6.72. The molecule has 0 amide bonds. The molecule has 0 aromatic carbocycles. The maximum absolute atomic E-state index is 4.62. The summed E-state index contributed by atoms with van der Waals surface area (Å²) in [6.45, 7) is 5.21. The maximum atomic E-state index is 4.62. The van der Waals surface area contributed by atoms with Crippen LogP contribution in [0.3, 0.4) is 0 Å². The molecule has 4 nitrogen and oxygen atoms in total. The number of nitrogens with one attached hydrogen (secondary N) is 1. The molecule has 1 N–H and O–H groups in total. The van der Waals surface area contributed by atoms with Gasteiger partial charge in [0, 0.05) is 36.1 Å². The van der Waals surface area contributed by atoms with Crippen molar-refractivity contribution in [1.82, 2.24) is 20.1 Å². The van der Waals surface area contributed by atoms with Gasteiger partial charge in [0.05, 0.1) is 11.9 Å². The fourth-order valence-corrected chi connectivity index (χ4v) is 2.37. The lowest BCUT2D eigenvalue weighted by molar-refractivity contribution is 0.532. The lowest BCUT2D eigenvalue weighted by Gasteiger charge is -2.02. The number of aromatic nitrogens is 3. The van der Waals surface area contributed by atoms with Gasteiger partial charge in [-0.1, -0.05) is 0 Å². The molecule has 0 aliphatic carbocycles. The minimum absolute atomic E-state index is 0.396. The third-order valence-electron chi connectivity index (χ3n) is 2.56. The number of hydrogen-bond acceptors (Lipinski definition) is 4. The molecule has 5 heteroatoms. The molecule has 0 saturated carbocycles. The van der Waals surface area contributed by atoms with Gasteiger partial charge in [0.15, 0.2) is 0 Å². The summed E-state index contributed by atoms with van der Waals surface area (Å²) in [7, 11) is 1.96. The highest BCUT2D eigenvalue weighted by Gasteiger charge is 2.08. The van der Waals surface area contributed by atoms with E-state index in [1.165, 1.54) is 0 Å². The number of rotatable bonds is 5. The van der Waals surface area contributed by atoms with E-state index in [1.807, 2.05) is 17.9 Å². The van der Waals surface area contributed by atoms with Crippen molar-refractivity contribution in [2.45, 2.75) is 26.3 Å². The van der Waals surface area contributed by atoms with Gasteiger partial charge in [-0.05, 0) is 20.9 Å². The fraction of sp³-hybridized carbons (Fsp3) is 0.500. The molecule has 0 spiro atoms. The van der Waals surface area contributed by atoms with E-state index in [-0.39, 0.29) is 0 Å². The Kier molecular flexibility index (Phi) is 3.91. The maximum Gasteiger partial charge on any atom is 0.126 e. The van der Waals surface area contributed by atoms with Gasteiger partial charge in [0.25, 0.3) is 0 Å². The molecule has 0 aliphatic heterocycles. The molecule has 0 saturated heterocycles. The van der Waals surface area contributed by atoms with Crippen LogP contribution < -0.4 is 5.32 Å². The first kappa shape index (κ1) is 12.3. The Balaban J connectivity index is 2.13. The largest absolute Gasteiger partial charge is 0.319 e. The van der Waals surface area contributed by atoms with Crippen LogP contribution in [0.1, 0.15) is 25.6 Å². The number of hydrogen-bond donors (Lipinski definition) is 1. The van der Waals surface area contributed by atoms with Crippen molar-refractivity contribution in [3.63, 3.8) is 0 Å². The van der Waals surface area contributed by atoms with Gasteiger partial charge in [0.1, 0.15) is 5.01 Å². The molecule has 0 aliphatic rings. The smallest absolute Gasteiger partial charge is 0.126 e. The molecular formula is C12H18N4S. The van der Waals surface area contributed by atoms with Crippen molar-refractivity contribution in [2.75, 3.05) is 13.6 Å². The van der Waals surface area contributed by atoms with Crippen molar-refractivity contribution >= 4 is 11.3 Å². The average molecular weight is 250 g/mol. The second kappa shape index (κ2) is 5.42. The quantitative estimate of drug-likeness (QED) is 0.885. The van der Waals surface area contributed by atoms with Gasteiger partial charge in [0.2, 0.25) is 0 Å². The third kappa shape index (κ3) is 2.92. The molecular weight excluding hydrogens is 232 g/mol. The average Bonchev–Trinajstić information content (AvgIpc) is 2.94. The van der Waals surface area contributed by atoms with Crippen LogP contribution in [0.25, 0.3) is 10.6 Å². The molecule has 0 bridgehead atoms. The minimum Gasteiger partial charge on any atom is -0.319 e. The summed E-state index contributed by atoms with van der Waals surface area (Å²) < 4.78 is 1.96. The highest BCUT2D eigenvalue weighted by Crippen LogP contribution is 2.24. The molecule has 17 heavy (non-hydrogen) atoms. The summed E-state index contributed by atoms with van der Waals surface area (Å²) in [5.41, 5.74) is 2.26. The Morgan fingerprint density at radius 2 is 2.29 bits per heavy atom. The van der Waals surface area contributed by atoms with Crippen LogP contribution in [-0.4, -0.2) is 28.4 Å². The first-order valence-electron chi connectivity index (χ1n) is 5.84. The number of likely N-dealkylation sites (N-methyl/N-ethyl adjacent to an activating group) is 1. The Labute approximate surface area is 106 Å². The Morgan fingerprint density at radius 3 is 2.94 bits per heavy atom. The van der Waals surface area contributed by atoms with Gasteiger partial charge >= 0.3 is 0 Å². The van der Waals surface area contributed by atoms with Crippen LogP contribution in [-0.2, 0) is 6.42 Å². The predicted molar refractivity (Wildman–Crippen MR) is 71.4 cm³/mol. The standard InChI is InChI=1S/C12H18N4S/c1-9(2)16-7-10(6-14-16)12-15-11(8-17-12)4-5-13-3/h6-9,13H,4-5H2,1-3H3. The lowest BCUT2D eigenvalue weighted by Crippen LogP contribution is -2.10. The van der Waals surface area contributed by atoms with Crippen LogP contribution in [0.2, 0.25) is 0 Å². The third-order valence-corrected chi connectivity index (χ3v) is 3.50. The van der Waals surface area contributed by atoms with E-state index in [9.17, 15) is 0 Å². The second-order valence-electron chi connectivity index (χ2n) is 4.30. The van der Waals surface area contributed by atoms with Gasteiger partial charge in [-0.2, -0.15) is 5.10 Å². The van der Waals surface area contributed by atoms with Crippen LogP contribution in [0.5, 0.6) is 0 Å². The van der Waals surface area contributed by atoms with Gasteiger partial charge < -0.3 is 5.32 Å². The van der Waals surface area contributed by atoms with E-state index in [2.05, 4.69) is 40.8 Å². The zero-order valence-corrected chi connectivity index (χ0v) is 11.3. The van der Waals surface area contributed by atoms with Crippen LogP contribution in [0.15, 0.2) is 17.8 Å². The molecule has 0 unspecified atom stereocenters. The van der Waals surface area contributed by atoms with Crippen LogP contribution in [0, 0.1) is 0 Å². The summed E-state index contributed by atoms with van der Waals surface area (Å²) in [5.74, 6) is 0. The van der Waals surface area contributed by atoms with Crippen molar-refractivity contribution < 1.29 is 0 Å². The van der Waals surface area contributed by atoms with Gasteiger partial charge in [-0.3, -0.25) is 4.68 Å². The zero-order chi connectivity index (χ0) is 12.3. The molecule has 2 heterocycles.